The molecule has 0 radical (unpaired) electrons. The smallest absolute Gasteiger partial charge is 0.545 e. The van der Waals surface area contributed by atoms with Gasteiger partial charge in [-0.2, -0.15) is 0 Å². The summed E-state index contributed by atoms with van der Waals surface area (Å²) in [4.78, 5) is 54.5. The molecule has 0 spiro atoms. The monoisotopic (exact) mass is 594 g/mol. The van der Waals surface area contributed by atoms with E-state index in [-0.39, 0.29) is 76.3 Å². The molecule has 0 amide bonds. The first-order valence-electron chi connectivity index (χ1n) is 11.9. The third-order valence-corrected chi connectivity index (χ3v) is 5.95. The number of carboxylic acids is 2. The standard InChI is InChI=1S/2C15H10N2O3.Zn/c2*18-13-10-7-4-8-11(15(19)20)12(10)17-14(13)16-9-5-2-1-3-6-9;/h2*1-8H,(H,19,20)(H,16,17,18);/q;;+2/p-2. The Labute approximate surface area is 246 Å². The molecule has 0 aliphatic carbocycles. The maximum atomic E-state index is 12.2. The van der Waals surface area contributed by atoms with Gasteiger partial charge in [-0.25, -0.2) is 9.98 Å². The van der Waals surface area contributed by atoms with E-state index in [4.69, 9.17) is 0 Å². The number of rotatable bonds is 4. The zero-order chi connectivity index (χ0) is 28.2. The van der Waals surface area contributed by atoms with Gasteiger partial charge < -0.3 is 30.4 Å². The van der Waals surface area contributed by atoms with Crippen molar-refractivity contribution in [2.24, 2.45) is 9.98 Å². The Bertz CT molecular complexity index is 1610. The number of carbonyl (C=O) groups is 4. The molecule has 41 heavy (non-hydrogen) atoms. The van der Waals surface area contributed by atoms with E-state index in [1.807, 2.05) is 36.4 Å². The van der Waals surface area contributed by atoms with E-state index < -0.39 is 11.9 Å². The van der Waals surface area contributed by atoms with Crippen LogP contribution in [0.4, 0.5) is 22.7 Å². The largest absolute Gasteiger partial charge is 2.00 e. The molecule has 2 heterocycles. The molecular weight excluding hydrogens is 578 g/mol. The van der Waals surface area contributed by atoms with Crippen molar-refractivity contribution >= 4 is 57.9 Å². The van der Waals surface area contributed by atoms with Crippen molar-refractivity contribution in [3.63, 3.8) is 0 Å². The average Bonchev–Trinajstić information content (AvgIpc) is 3.45. The summed E-state index contributed by atoms with van der Waals surface area (Å²) in [5.74, 6) is -3.13. The predicted molar refractivity (Wildman–Crippen MR) is 145 cm³/mol. The van der Waals surface area contributed by atoms with Gasteiger partial charge in [0.2, 0.25) is 11.6 Å². The maximum absolute atomic E-state index is 12.2. The number of anilines is 2. The van der Waals surface area contributed by atoms with E-state index in [2.05, 4.69) is 20.6 Å². The van der Waals surface area contributed by atoms with Crippen molar-refractivity contribution in [2.45, 2.75) is 0 Å². The number of ketones is 2. The van der Waals surface area contributed by atoms with Crippen LogP contribution in [0, 0.1) is 0 Å². The topological polar surface area (TPSA) is 163 Å². The number of nitrogens with zero attached hydrogens (tertiary/aromatic N) is 2. The molecule has 0 unspecified atom stereocenters. The van der Waals surface area contributed by atoms with Crippen LogP contribution in [0.3, 0.4) is 0 Å². The van der Waals surface area contributed by atoms with E-state index in [1.54, 1.807) is 36.4 Å². The fourth-order valence-electron chi connectivity index (χ4n) is 4.09. The van der Waals surface area contributed by atoms with E-state index in [9.17, 15) is 29.4 Å². The molecule has 6 rings (SSSR count). The number of para-hydroxylation sites is 4. The number of amidine groups is 2. The molecule has 11 heteroatoms. The van der Waals surface area contributed by atoms with Crippen LogP contribution in [0.15, 0.2) is 107 Å². The van der Waals surface area contributed by atoms with Crippen LogP contribution < -0.4 is 20.8 Å². The molecular formula is C30H18N4O6Zn. The molecule has 0 aromatic heterocycles. The van der Waals surface area contributed by atoms with Crippen molar-refractivity contribution in [2.75, 3.05) is 10.6 Å². The Kier molecular flexibility index (Phi) is 8.60. The molecule has 196 valence electrons. The second kappa shape index (κ2) is 12.3. The van der Waals surface area contributed by atoms with Gasteiger partial charge >= 0.3 is 19.5 Å². The summed E-state index contributed by atoms with van der Waals surface area (Å²) in [5.41, 5.74) is 2.09. The van der Waals surface area contributed by atoms with Crippen LogP contribution >= 0.6 is 0 Å². The van der Waals surface area contributed by atoms with Gasteiger partial charge in [-0.3, -0.25) is 9.59 Å². The number of fused-ring (bicyclic) bond motifs is 2. The van der Waals surface area contributed by atoms with Gasteiger partial charge in [0.25, 0.3) is 0 Å². The van der Waals surface area contributed by atoms with Gasteiger partial charge in [-0.05, 0) is 36.4 Å². The first-order chi connectivity index (χ1) is 19.3. The number of hydrogen-bond acceptors (Lipinski definition) is 10. The van der Waals surface area contributed by atoms with Gasteiger partial charge in [0.15, 0.2) is 11.7 Å². The summed E-state index contributed by atoms with van der Waals surface area (Å²) in [5, 5.41) is 27.8. The normalized spacial score (nSPS) is 12.5. The average molecular weight is 596 g/mol. The number of benzene rings is 4. The van der Waals surface area contributed by atoms with Crippen molar-refractivity contribution in [1.82, 2.24) is 0 Å². The molecule has 0 fully saturated rings. The minimum Gasteiger partial charge on any atom is -0.545 e. The van der Waals surface area contributed by atoms with E-state index in [0.717, 1.165) is 0 Å². The molecule has 2 N–H and O–H groups in total. The quantitative estimate of drug-likeness (QED) is 0.340. The second-order valence-corrected chi connectivity index (χ2v) is 8.54. The van der Waals surface area contributed by atoms with Gasteiger partial charge in [-0.15, -0.1) is 0 Å². The zero-order valence-electron chi connectivity index (χ0n) is 21.3. The molecule has 10 nitrogen and oxygen atoms in total. The van der Waals surface area contributed by atoms with Gasteiger partial charge in [0, 0.05) is 22.5 Å². The van der Waals surface area contributed by atoms with Crippen molar-refractivity contribution < 1.29 is 48.9 Å². The summed E-state index contributed by atoms with van der Waals surface area (Å²) in [6.07, 6.45) is 0. The number of aromatic carboxylic acids is 2. The van der Waals surface area contributed by atoms with Crippen LogP contribution in [0.2, 0.25) is 0 Å². The molecule has 0 bridgehead atoms. The number of carboxylic acid groups (broad SMARTS) is 2. The van der Waals surface area contributed by atoms with Gasteiger partial charge in [0.1, 0.15) is 0 Å². The van der Waals surface area contributed by atoms with Crippen LogP contribution in [-0.4, -0.2) is 35.2 Å². The van der Waals surface area contributed by atoms with E-state index in [1.165, 1.54) is 24.3 Å². The van der Waals surface area contributed by atoms with Crippen LogP contribution in [0.25, 0.3) is 0 Å². The second-order valence-electron chi connectivity index (χ2n) is 8.54. The summed E-state index contributed by atoms with van der Waals surface area (Å²) < 4.78 is 0. The maximum Gasteiger partial charge on any atom is 2.00 e. The fourth-order valence-corrected chi connectivity index (χ4v) is 4.09. The number of nitrogens with one attached hydrogen (secondary N) is 2. The van der Waals surface area contributed by atoms with Crippen molar-refractivity contribution in [3.8, 4) is 0 Å². The summed E-state index contributed by atoms with van der Waals surface area (Å²) in [7, 11) is 0. The first-order valence-corrected chi connectivity index (χ1v) is 11.9. The SMILES string of the molecule is O=C([O-])c1cccc2c1N=C(Nc1ccccc1)C2=O.O=C([O-])c1cccc2c1N=C(Nc1ccccc1)C2=O.[Zn+2]. The van der Waals surface area contributed by atoms with Crippen LogP contribution in [0.1, 0.15) is 41.4 Å². The Balaban J connectivity index is 0.000000184. The molecule has 0 saturated heterocycles. The molecule has 2 aliphatic heterocycles. The zero-order valence-corrected chi connectivity index (χ0v) is 24.3. The Hall–Kier alpha value is -5.28. The third kappa shape index (κ3) is 6.00. The summed E-state index contributed by atoms with van der Waals surface area (Å²) in [6.45, 7) is 0. The summed E-state index contributed by atoms with van der Waals surface area (Å²) >= 11 is 0. The molecule has 4 aromatic carbocycles. The molecule has 0 atom stereocenters. The minimum absolute atomic E-state index is 0. The Morgan fingerprint density at radius 1 is 0.537 bits per heavy atom. The van der Waals surface area contributed by atoms with E-state index >= 15 is 0 Å². The molecule has 4 aromatic rings. The van der Waals surface area contributed by atoms with Crippen LogP contribution in [-0.2, 0) is 19.5 Å². The molecule has 0 saturated carbocycles. The molecule has 2 aliphatic rings. The van der Waals surface area contributed by atoms with Gasteiger partial charge in [-0.1, -0.05) is 60.7 Å². The number of hydrogen-bond donors (Lipinski definition) is 2. The number of carbonyl (C=O) groups excluding carboxylic acids is 4. The number of Topliss-reactive ketones (excluding diaryl/α,β-unsaturated/α-hetero) is 2. The fraction of sp³-hybridized carbons (Fsp3) is 0. The van der Waals surface area contributed by atoms with Crippen molar-refractivity contribution in [1.29, 1.82) is 0 Å². The third-order valence-electron chi connectivity index (χ3n) is 5.95. The van der Waals surface area contributed by atoms with E-state index in [0.29, 0.717) is 11.4 Å². The number of aliphatic imine (C=N–C) groups is 2. The Morgan fingerprint density at radius 3 is 1.24 bits per heavy atom. The van der Waals surface area contributed by atoms with Gasteiger partial charge in [0.05, 0.1) is 34.4 Å². The van der Waals surface area contributed by atoms with Crippen molar-refractivity contribution in [3.05, 3.63) is 119 Å². The minimum atomic E-state index is -1.35. The Morgan fingerprint density at radius 2 is 0.902 bits per heavy atom. The summed E-state index contributed by atoms with van der Waals surface area (Å²) in [6, 6.07) is 27.0. The van der Waals surface area contributed by atoms with Crippen LogP contribution in [0.5, 0.6) is 0 Å². The first kappa shape index (κ1) is 28.7. The predicted octanol–water partition coefficient (Wildman–Crippen LogP) is 2.77.